The lowest BCUT2D eigenvalue weighted by atomic mass is 10.2. The molecule has 0 aliphatic rings. The van der Waals surface area contributed by atoms with Crippen molar-refractivity contribution in [2.24, 2.45) is 0 Å². The molecule has 0 unspecified atom stereocenters. The summed E-state index contributed by atoms with van der Waals surface area (Å²) in [7, 11) is 0. The first-order valence-electron chi connectivity index (χ1n) is 7.89. The zero-order valence-corrected chi connectivity index (χ0v) is 14.1. The topological polar surface area (TPSA) is 76.9 Å². The average molecular weight is 392 g/mol. The number of hydrogen-bond acceptors (Lipinski definition) is 4. The van der Waals surface area contributed by atoms with Gasteiger partial charge in [-0.05, 0) is 36.4 Å². The number of hydrogen-bond donors (Lipinski definition) is 1. The van der Waals surface area contributed by atoms with Gasteiger partial charge >= 0.3 is 6.18 Å². The number of nitrogens with zero attached hydrogens (tertiary/aromatic N) is 3. The van der Waals surface area contributed by atoms with E-state index in [2.05, 4.69) is 15.4 Å². The van der Waals surface area contributed by atoms with E-state index in [1.807, 2.05) is 0 Å². The van der Waals surface area contributed by atoms with Gasteiger partial charge in [0.2, 0.25) is 5.91 Å². The summed E-state index contributed by atoms with van der Waals surface area (Å²) >= 11 is 0. The van der Waals surface area contributed by atoms with Crippen molar-refractivity contribution in [2.75, 3.05) is 5.32 Å². The molecule has 0 bridgehead atoms. The Kier molecular flexibility index (Phi) is 5.21. The largest absolute Gasteiger partial charge is 0.419 e. The van der Waals surface area contributed by atoms with Gasteiger partial charge in [-0.2, -0.15) is 18.3 Å². The number of nitrogens with one attached hydrogen (secondary N) is 1. The molecule has 10 heteroatoms. The molecule has 2 heterocycles. The Balaban J connectivity index is 1.80. The Bertz CT molecular complexity index is 1070. The molecule has 1 aromatic carbocycles. The molecular weight excluding hydrogens is 380 g/mol. The van der Waals surface area contributed by atoms with Gasteiger partial charge in [-0.1, -0.05) is 0 Å². The third-order valence-corrected chi connectivity index (χ3v) is 3.67. The lowest BCUT2D eigenvalue weighted by Gasteiger charge is -2.11. The number of carbonyl (C=O) groups excluding carboxylic acids is 1. The number of amides is 1. The zero-order chi connectivity index (χ0) is 20.3. The van der Waals surface area contributed by atoms with Crippen molar-refractivity contribution >= 4 is 11.6 Å². The van der Waals surface area contributed by atoms with Gasteiger partial charge in [0.25, 0.3) is 5.56 Å². The van der Waals surface area contributed by atoms with Crippen molar-refractivity contribution in [2.45, 2.75) is 12.7 Å². The standard InChI is InChI=1S/C18H12F4N4O2/c19-14-4-3-12(8-13(14)18(20,21)22)24-16(27)10-26-17(28)6-5-15(25-26)11-2-1-7-23-9-11/h1-9H,10H2,(H,24,27). The highest BCUT2D eigenvalue weighted by atomic mass is 19.4. The lowest BCUT2D eigenvalue weighted by molar-refractivity contribution is -0.140. The smallest absolute Gasteiger partial charge is 0.324 e. The van der Waals surface area contributed by atoms with E-state index in [0.717, 1.165) is 10.7 Å². The van der Waals surface area contributed by atoms with Crippen LogP contribution in [0.25, 0.3) is 11.3 Å². The fourth-order valence-electron chi connectivity index (χ4n) is 2.39. The molecule has 0 fully saturated rings. The number of benzene rings is 1. The monoisotopic (exact) mass is 392 g/mol. The van der Waals surface area contributed by atoms with E-state index in [-0.39, 0.29) is 5.69 Å². The van der Waals surface area contributed by atoms with Gasteiger partial charge in [-0.3, -0.25) is 14.6 Å². The van der Waals surface area contributed by atoms with Crippen LogP contribution < -0.4 is 10.9 Å². The van der Waals surface area contributed by atoms with Crippen molar-refractivity contribution in [1.82, 2.24) is 14.8 Å². The molecule has 3 rings (SSSR count). The minimum atomic E-state index is -4.90. The Morgan fingerprint density at radius 1 is 1.14 bits per heavy atom. The minimum Gasteiger partial charge on any atom is -0.324 e. The third-order valence-electron chi connectivity index (χ3n) is 3.67. The van der Waals surface area contributed by atoms with Gasteiger partial charge in [0.05, 0.1) is 11.3 Å². The van der Waals surface area contributed by atoms with E-state index >= 15 is 0 Å². The first-order valence-corrected chi connectivity index (χ1v) is 7.89. The van der Waals surface area contributed by atoms with Crippen molar-refractivity contribution in [3.63, 3.8) is 0 Å². The molecule has 2 aromatic heterocycles. The number of halogens is 4. The van der Waals surface area contributed by atoms with Crippen LogP contribution in [0.4, 0.5) is 23.2 Å². The summed E-state index contributed by atoms with van der Waals surface area (Å²) in [5, 5.41) is 6.26. The molecule has 0 aliphatic carbocycles. The molecule has 0 saturated heterocycles. The highest BCUT2D eigenvalue weighted by Crippen LogP contribution is 2.32. The SMILES string of the molecule is O=C(Cn1nc(-c2cccnc2)ccc1=O)Nc1ccc(F)c(C(F)(F)F)c1. The van der Waals surface area contributed by atoms with E-state index in [1.54, 1.807) is 18.3 Å². The third kappa shape index (κ3) is 4.40. The van der Waals surface area contributed by atoms with E-state index < -0.39 is 35.6 Å². The van der Waals surface area contributed by atoms with Crippen molar-refractivity contribution in [3.8, 4) is 11.3 Å². The quantitative estimate of drug-likeness (QED) is 0.693. The second-order valence-electron chi connectivity index (χ2n) is 5.70. The molecule has 1 N–H and O–H groups in total. The van der Waals surface area contributed by atoms with Gasteiger partial charge in [-0.25, -0.2) is 9.07 Å². The predicted octanol–water partition coefficient (Wildman–Crippen LogP) is 3.10. The van der Waals surface area contributed by atoms with Crippen LogP contribution in [0.3, 0.4) is 0 Å². The fraction of sp³-hybridized carbons (Fsp3) is 0.111. The van der Waals surface area contributed by atoms with Crippen molar-refractivity contribution in [3.05, 3.63) is 76.6 Å². The van der Waals surface area contributed by atoms with Crippen LogP contribution in [0.15, 0.2) is 59.7 Å². The summed E-state index contributed by atoms with van der Waals surface area (Å²) in [6.45, 7) is -0.536. The van der Waals surface area contributed by atoms with Gasteiger partial charge in [0, 0.05) is 29.7 Å². The zero-order valence-electron chi connectivity index (χ0n) is 14.1. The van der Waals surface area contributed by atoms with Gasteiger partial charge in [0.1, 0.15) is 12.4 Å². The Hall–Kier alpha value is -3.56. The number of alkyl halides is 3. The molecule has 28 heavy (non-hydrogen) atoms. The van der Waals surface area contributed by atoms with Crippen LogP contribution in [-0.2, 0) is 17.5 Å². The molecule has 1 amide bonds. The van der Waals surface area contributed by atoms with Crippen LogP contribution >= 0.6 is 0 Å². The minimum absolute atomic E-state index is 0.254. The average Bonchev–Trinajstić information content (AvgIpc) is 2.65. The van der Waals surface area contributed by atoms with E-state index in [0.29, 0.717) is 23.4 Å². The van der Waals surface area contributed by atoms with Crippen LogP contribution in [0, 0.1) is 5.82 Å². The Labute approximate surface area is 155 Å². The summed E-state index contributed by atoms with van der Waals surface area (Å²) in [6, 6.07) is 8.13. The predicted molar refractivity (Wildman–Crippen MR) is 91.8 cm³/mol. The first-order chi connectivity index (χ1) is 13.2. The van der Waals surface area contributed by atoms with Crippen LogP contribution in [0.5, 0.6) is 0 Å². The van der Waals surface area contributed by atoms with E-state index in [9.17, 15) is 27.2 Å². The number of anilines is 1. The van der Waals surface area contributed by atoms with E-state index in [1.165, 1.54) is 18.3 Å². The lowest BCUT2D eigenvalue weighted by Crippen LogP contribution is -2.29. The molecule has 0 radical (unpaired) electrons. The summed E-state index contributed by atoms with van der Waals surface area (Å²) < 4.78 is 52.5. The summed E-state index contributed by atoms with van der Waals surface area (Å²) in [4.78, 5) is 28.0. The molecule has 0 spiro atoms. The Morgan fingerprint density at radius 3 is 2.61 bits per heavy atom. The van der Waals surface area contributed by atoms with Crippen LogP contribution in [0.1, 0.15) is 5.56 Å². The van der Waals surface area contributed by atoms with Gasteiger partial charge in [0.15, 0.2) is 0 Å². The molecule has 3 aromatic rings. The summed E-state index contributed by atoms with van der Waals surface area (Å²) in [5.74, 6) is -2.25. The van der Waals surface area contributed by atoms with Crippen molar-refractivity contribution < 1.29 is 22.4 Å². The maximum atomic E-state index is 13.3. The summed E-state index contributed by atoms with van der Waals surface area (Å²) in [5.41, 5.74) is -1.32. The molecule has 0 saturated carbocycles. The number of aromatic nitrogens is 3. The molecule has 6 nitrogen and oxygen atoms in total. The van der Waals surface area contributed by atoms with Crippen LogP contribution in [-0.4, -0.2) is 20.7 Å². The normalized spacial score (nSPS) is 11.3. The molecule has 0 atom stereocenters. The van der Waals surface area contributed by atoms with E-state index in [4.69, 9.17) is 0 Å². The maximum Gasteiger partial charge on any atom is 0.419 e. The highest BCUT2D eigenvalue weighted by Gasteiger charge is 2.34. The van der Waals surface area contributed by atoms with Gasteiger partial charge in [-0.15, -0.1) is 0 Å². The molecule has 0 aliphatic heterocycles. The second kappa shape index (κ2) is 7.59. The highest BCUT2D eigenvalue weighted by molar-refractivity contribution is 5.90. The first kappa shape index (κ1) is 19.2. The number of pyridine rings is 1. The number of carbonyl (C=O) groups is 1. The maximum absolute atomic E-state index is 13.3. The van der Waals surface area contributed by atoms with Crippen LogP contribution in [0.2, 0.25) is 0 Å². The fourth-order valence-corrected chi connectivity index (χ4v) is 2.39. The number of rotatable bonds is 4. The molecular formula is C18H12F4N4O2. The Morgan fingerprint density at radius 2 is 1.93 bits per heavy atom. The molecule has 144 valence electrons. The summed E-state index contributed by atoms with van der Waals surface area (Å²) in [6.07, 6.45) is -1.82. The van der Waals surface area contributed by atoms with Crippen molar-refractivity contribution in [1.29, 1.82) is 0 Å². The van der Waals surface area contributed by atoms with Gasteiger partial charge < -0.3 is 5.32 Å². The second-order valence-corrected chi connectivity index (χ2v) is 5.70.